The predicted molar refractivity (Wildman–Crippen MR) is 77.2 cm³/mol. The van der Waals surface area contributed by atoms with Gasteiger partial charge in [-0.3, -0.25) is 0 Å². The minimum absolute atomic E-state index is 0.0287. The molecule has 1 aromatic carbocycles. The summed E-state index contributed by atoms with van der Waals surface area (Å²) in [4.78, 5) is 2.15. The Morgan fingerprint density at radius 1 is 1.28 bits per heavy atom. The molecule has 0 heterocycles. The smallest absolute Gasteiger partial charge is 0.123 e. The molecule has 3 nitrogen and oxygen atoms in total. The number of rotatable bonds is 6. The average molecular weight is 250 g/mol. The molecule has 1 atom stereocenters. The first-order valence-corrected chi connectivity index (χ1v) is 6.53. The quantitative estimate of drug-likeness (QED) is 0.843. The van der Waals surface area contributed by atoms with E-state index in [-0.39, 0.29) is 6.04 Å². The number of methoxy groups -OCH3 is 1. The number of ether oxygens (including phenoxy) is 1. The van der Waals surface area contributed by atoms with Crippen LogP contribution in [0.2, 0.25) is 0 Å². The van der Waals surface area contributed by atoms with E-state index >= 15 is 0 Å². The third-order valence-corrected chi connectivity index (χ3v) is 3.21. The van der Waals surface area contributed by atoms with E-state index < -0.39 is 0 Å². The van der Waals surface area contributed by atoms with Crippen LogP contribution in [0.3, 0.4) is 0 Å². The lowest BCUT2D eigenvalue weighted by Gasteiger charge is -2.19. The minimum atomic E-state index is 0.0287. The predicted octanol–water partition coefficient (Wildman–Crippen LogP) is 2.77. The van der Waals surface area contributed by atoms with Crippen molar-refractivity contribution in [2.75, 3.05) is 27.7 Å². The Labute approximate surface area is 111 Å². The Balaban J connectivity index is 2.92. The van der Waals surface area contributed by atoms with Gasteiger partial charge in [-0.05, 0) is 44.6 Å². The molecule has 1 aromatic rings. The maximum Gasteiger partial charge on any atom is 0.123 e. The zero-order chi connectivity index (χ0) is 13.7. The zero-order valence-corrected chi connectivity index (χ0v) is 12.2. The molecule has 1 rings (SSSR count). The molecule has 0 saturated carbocycles. The van der Waals surface area contributed by atoms with Crippen molar-refractivity contribution < 1.29 is 4.74 Å². The van der Waals surface area contributed by atoms with E-state index in [1.54, 1.807) is 7.11 Å². The van der Waals surface area contributed by atoms with Gasteiger partial charge in [0.25, 0.3) is 0 Å². The minimum Gasteiger partial charge on any atom is -0.496 e. The van der Waals surface area contributed by atoms with Crippen molar-refractivity contribution in [3.8, 4) is 5.75 Å². The highest BCUT2D eigenvalue weighted by molar-refractivity contribution is 5.40. The average Bonchev–Trinajstić information content (AvgIpc) is 2.34. The number of hydrogen-bond acceptors (Lipinski definition) is 3. The fraction of sp³-hybridized carbons (Fsp3) is 0.600. The molecule has 18 heavy (non-hydrogen) atoms. The summed E-state index contributed by atoms with van der Waals surface area (Å²) >= 11 is 0. The lowest BCUT2D eigenvalue weighted by molar-refractivity contribution is 0.372. The molecule has 102 valence electrons. The van der Waals surface area contributed by atoms with Crippen molar-refractivity contribution >= 4 is 0 Å². The first-order valence-electron chi connectivity index (χ1n) is 6.53. The van der Waals surface area contributed by atoms with Gasteiger partial charge in [-0.2, -0.15) is 0 Å². The van der Waals surface area contributed by atoms with E-state index in [4.69, 9.17) is 10.5 Å². The normalized spacial score (nSPS) is 13.1. The zero-order valence-electron chi connectivity index (χ0n) is 12.2. The Bertz CT molecular complexity index is 375. The summed E-state index contributed by atoms with van der Waals surface area (Å²) in [6.45, 7) is 5.37. The lowest BCUT2D eigenvalue weighted by atomic mass is 9.96. The molecule has 0 saturated heterocycles. The van der Waals surface area contributed by atoms with Gasteiger partial charge in [-0.1, -0.05) is 26.0 Å². The molecule has 3 heteroatoms. The molecular weight excluding hydrogens is 224 g/mol. The Morgan fingerprint density at radius 2 is 1.94 bits per heavy atom. The maximum absolute atomic E-state index is 6.28. The second-order valence-electron chi connectivity index (χ2n) is 5.35. The Hall–Kier alpha value is -1.06. The first kappa shape index (κ1) is 15.0. The van der Waals surface area contributed by atoms with Crippen molar-refractivity contribution in [1.82, 2.24) is 4.90 Å². The summed E-state index contributed by atoms with van der Waals surface area (Å²) in [5, 5.41) is 0. The molecule has 0 aliphatic carbocycles. The summed E-state index contributed by atoms with van der Waals surface area (Å²) < 4.78 is 5.41. The van der Waals surface area contributed by atoms with Crippen LogP contribution in [0.4, 0.5) is 0 Å². The van der Waals surface area contributed by atoms with Gasteiger partial charge in [0.1, 0.15) is 5.75 Å². The van der Waals surface area contributed by atoms with Crippen LogP contribution in [-0.2, 0) is 0 Å². The van der Waals surface area contributed by atoms with Crippen LogP contribution in [0.1, 0.15) is 43.4 Å². The molecule has 0 aromatic heterocycles. The van der Waals surface area contributed by atoms with Crippen LogP contribution in [0.15, 0.2) is 18.2 Å². The monoisotopic (exact) mass is 250 g/mol. The fourth-order valence-electron chi connectivity index (χ4n) is 1.95. The number of nitrogens with zero attached hydrogens (tertiary/aromatic N) is 1. The third-order valence-electron chi connectivity index (χ3n) is 3.21. The van der Waals surface area contributed by atoms with Gasteiger partial charge in [-0.25, -0.2) is 0 Å². The van der Waals surface area contributed by atoms with Crippen LogP contribution < -0.4 is 10.5 Å². The van der Waals surface area contributed by atoms with Crippen molar-refractivity contribution in [2.24, 2.45) is 5.73 Å². The maximum atomic E-state index is 6.28. The van der Waals surface area contributed by atoms with Gasteiger partial charge in [-0.15, -0.1) is 0 Å². The van der Waals surface area contributed by atoms with E-state index in [0.29, 0.717) is 5.92 Å². The highest BCUT2D eigenvalue weighted by Gasteiger charge is 2.14. The van der Waals surface area contributed by atoms with E-state index in [0.717, 1.165) is 24.3 Å². The summed E-state index contributed by atoms with van der Waals surface area (Å²) in [6.07, 6.45) is 0.935. The van der Waals surface area contributed by atoms with Crippen LogP contribution in [0.5, 0.6) is 5.75 Å². The van der Waals surface area contributed by atoms with E-state index in [1.807, 2.05) is 6.07 Å². The van der Waals surface area contributed by atoms with Crippen LogP contribution in [-0.4, -0.2) is 32.6 Å². The van der Waals surface area contributed by atoms with Gasteiger partial charge in [0.15, 0.2) is 0 Å². The highest BCUT2D eigenvalue weighted by atomic mass is 16.5. The van der Waals surface area contributed by atoms with Crippen molar-refractivity contribution in [2.45, 2.75) is 32.2 Å². The Morgan fingerprint density at radius 3 is 2.44 bits per heavy atom. The van der Waals surface area contributed by atoms with Crippen molar-refractivity contribution in [3.05, 3.63) is 29.3 Å². The van der Waals surface area contributed by atoms with Crippen molar-refractivity contribution in [1.29, 1.82) is 0 Å². The molecule has 0 aliphatic rings. The van der Waals surface area contributed by atoms with E-state index in [9.17, 15) is 0 Å². The van der Waals surface area contributed by atoms with Crippen LogP contribution in [0, 0.1) is 0 Å². The second-order valence-corrected chi connectivity index (χ2v) is 5.35. The topological polar surface area (TPSA) is 38.5 Å². The third kappa shape index (κ3) is 4.00. The standard InChI is InChI=1S/C15H26N2O/c1-11(2)12-6-7-15(18-5)13(10-12)14(16)8-9-17(3)4/h6-7,10-11,14H,8-9,16H2,1-5H3. The molecule has 2 N–H and O–H groups in total. The number of benzene rings is 1. The first-order chi connectivity index (χ1) is 8.45. The van der Waals surface area contributed by atoms with Crippen molar-refractivity contribution in [3.63, 3.8) is 0 Å². The summed E-state index contributed by atoms with van der Waals surface area (Å²) in [7, 11) is 5.83. The van der Waals surface area contributed by atoms with Gasteiger partial charge in [0, 0.05) is 11.6 Å². The SMILES string of the molecule is COc1ccc(C(C)C)cc1C(N)CCN(C)C. The second kappa shape index (κ2) is 6.76. The highest BCUT2D eigenvalue weighted by Crippen LogP contribution is 2.29. The summed E-state index contributed by atoms with van der Waals surface area (Å²) in [5.41, 5.74) is 8.71. The molecule has 0 bridgehead atoms. The van der Waals surface area contributed by atoms with Gasteiger partial charge in [0.2, 0.25) is 0 Å². The molecule has 0 aliphatic heterocycles. The molecular formula is C15H26N2O. The Kier molecular flexibility index (Phi) is 5.63. The van der Waals surface area contributed by atoms with Crippen LogP contribution >= 0.6 is 0 Å². The fourth-order valence-corrected chi connectivity index (χ4v) is 1.95. The molecule has 0 amide bonds. The summed E-state index contributed by atoms with van der Waals surface area (Å²) in [6, 6.07) is 6.36. The lowest BCUT2D eigenvalue weighted by Crippen LogP contribution is -2.20. The van der Waals surface area contributed by atoms with E-state index in [1.165, 1.54) is 5.56 Å². The molecule has 1 unspecified atom stereocenters. The number of nitrogens with two attached hydrogens (primary N) is 1. The van der Waals surface area contributed by atoms with Crippen LogP contribution in [0.25, 0.3) is 0 Å². The molecule has 0 fully saturated rings. The molecule has 0 radical (unpaired) electrons. The summed E-state index contributed by atoms with van der Waals surface area (Å²) in [5.74, 6) is 1.40. The number of hydrogen-bond donors (Lipinski definition) is 1. The molecule has 0 spiro atoms. The van der Waals surface area contributed by atoms with Gasteiger partial charge < -0.3 is 15.4 Å². The van der Waals surface area contributed by atoms with E-state index in [2.05, 4.69) is 45.0 Å². The van der Waals surface area contributed by atoms with Gasteiger partial charge >= 0.3 is 0 Å². The van der Waals surface area contributed by atoms with Gasteiger partial charge in [0.05, 0.1) is 7.11 Å². The largest absolute Gasteiger partial charge is 0.496 e.